The number of nitrogens with zero attached hydrogens (tertiary/aromatic N) is 2. The average Bonchev–Trinajstić information content (AvgIpc) is 3.38. The summed E-state index contributed by atoms with van der Waals surface area (Å²) in [4.78, 5) is 9.06. The van der Waals surface area contributed by atoms with Crippen molar-refractivity contribution >= 4 is 29.9 Å². The van der Waals surface area contributed by atoms with E-state index in [1.165, 1.54) is 0 Å². The number of aliphatic imine (C=N–C) groups is 1. The smallest absolute Gasteiger partial charge is 0.226 e. The molecule has 2 N–H and O–H groups in total. The summed E-state index contributed by atoms with van der Waals surface area (Å²) in [7, 11) is 0. The predicted octanol–water partition coefficient (Wildman–Crippen LogP) is 3.21. The lowest BCUT2D eigenvalue weighted by atomic mass is 10.2. The molecule has 1 aromatic carbocycles. The molecule has 28 heavy (non-hydrogen) atoms. The van der Waals surface area contributed by atoms with Crippen LogP contribution in [0.25, 0.3) is 11.5 Å². The van der Waals surface area contributed by atoms with Gasteiger partial charge in [-0.05, 0) is 31.9 Å². The zero-order valence-corrected chi connectivity index (χ0v) is 18.6. The number of nitrogens with one attached hydrogen (secondary N) is 2. The van der Waals surface area contributed by atoms with E-state index in [-0.39, 0.29) is 30.1 Å². The Bertz CT molecular complexity index is 702. The Balaban J connectivity index is 0.00000280. The third-order valence-corrected chi connectivity index (χ3v) is 4.18. The Hall–Kier alpha value is -1.65. The number of rotatable bonds is 9. The van der Waals surface area contributed by atoms with Crippen LogP contribution < -0.4 is 10.6 Å². The summed E-state index contributed by atoms with van der Waals surface area (Å²) in [6.45, 7) is 6.10. The van der Waals surface area contributed by atoms with Crippen molar-refractivity contribution in [3.05, 3.63) is 42.3 Å². The lowest BCUT2D eigenvalue weighted by molar-refractivity contribution is 0.0191. The number of hydrogen-bond acceptors (Lipinski definition) is 5. The molecule has 0 saturated carbocycles. The van der Waals surface area contributed by atoms with E-state index in [2.05, 4.69) is 20.6 Å². The molecule has 0 aliphatic carbocycles. The molecule has 1 unspecified atom stereocenters. The lowest BCUT2D eigenvalue weighted by Crippen LogP contribution is -2.39. The molecule has 0 amide bonds. The molecular formula is C20H29IN4O3. The number of aromatic nitrogens is 1. The summed E-state index contributed by atoms with van der Waals surface area (Å²) < 4.78 is 16.8. The van der Waals surface area contributed by atoms with E-state index in [0.29, 0.717) is 32.2 Å². The summed E-state index contributed by atoms with van der Waals surface area (Å²) in [6.07, 6.45) is 4.15. The van der Waals surface area contributed by atoms with Crippen LogP contribution in [-0.4, -0.2) is 50.0 Å². The first kappa shape index (κ1) is 22.6. The Kier molecular flexibility index (Phi) is 10.3. The molecule has 1 saturated heterocycles. The molecule has 1 aliphatic heterocycles. The van der Waals surface area contributed by atoms with Crippen LogP contribution in [0.2, 0.25) is 0 Å². The van der Waals surface area contributed by atoms with Crippen molar-refractivity contribution in [2.24, 2.45) is 4.99 Å². The van der Waals surface area contributed by atoms with E-state index in [4.69, 9.17) is 13.9 Å². The second-order valence-electron chi connectivity index (χ2n) is 6.34. The van der Waals surface area contributed by atoms with E-state index in [1.54, 1.807) is 6.26 Å². The third-order valence-electron chi connectivity index (χ3n) is 4.18. The van der Waals surface area contributed by atoms with Crippen LogP contribution >= 0.6 is 24.0 Å². The average molecular weight is 500 g/mol. The van der Waals surface area contributed by atoms with Gasteiger partial charge in [0.25, 0.3) is 0 Å². The van der Waals surface area contributed by atoms with Crippen LogP contribution in [0.1, 0.15) is 25.5 Å². The summed E-state index contributed by atoms with van der Waals surface area (Å²) in [5, 5.41) is 6.49. The third kappa shape index (κ3) is 7.40. The maximum atomic E-state index is 5.66. The molecular weight excluding hydrogens is 471 g/mol. The highest BCUT2D eigenvalue weighted by Gasteiger charge is 2.15. The molecule has 0 bridgehead atoms. The maximum absolute atomic E-state index is 5.66. The first-order valence-corrected chi connectivity index (χ1v) is 9.56. The topological polar surface area (TPSA) is 80.9 Å². The molecule has 8 heteroatoms. The zero-order chi connectivity index (χ0) is 18.7. The molecule has 154 valence electrons. The molecule has 1 aromatic heterocycles. The lowest BCUT2D eigenvalue weighted by Gasteiger charge is -2.13. The van der Waals surface area contributed by atoms with E-state index < -0.39 is 0 Å². The number of halogens is 1. The summed E-state index contributed by atoms with van der Waals surface area (Å²) in [6, 6.07) is 9.84. The van der Waals surface area contributed by atoms with Gasteiger partial charge in [0.15, 0.2) is 5.96 Å². The maximum Gasteiger partial charge on any atom is 0.226 e. The molecule has 1 atom stereocenters. The number of hydrogen-bond donors (Lipinski definition) is 2. The quantitative estimate of drug-likeness (QED) is 0.238. The van der Waals surface area contributed by atoms with Crippen molar-refractivity contribution in [1.29, 1.82) is 0 Å². The van der Waals surface area contributed by atoms with Crippen LogP contribution in [0.5, 0.6) is 0 Å². The minimum atomic E-state index is 0. The van der Waals surface area contributed by atoms with Crippen molar-refractivity contribution in [3.8, 4) is 11.5 Å². The SMILES string of the molecule is CCNC(=NCc1coc(-c2ccccc2)n1)NCCOCC1CCCO1.I. The van der Waals surface area contributed by atoms with Crippen molar-refractivity contribution in [2.75, 3.05) is 32.9 Å². The second-order valence-corrected chi connectivity index (χ2v) is 6.34. The van der Waals surface area contributed by atoms with Gasteiger partial charge >= 0.3 is 0 Å². The Morgan fingerprint density at radius 2 is 2.14 bits per heavy atom. The molecule has 1 aliphatic rings. The van der Waals surface area contributed by atoms with Crippen LogP contribution in [0.15, 0.2) is 46.0 Å². The molecule has 2 heterocycles. The molecule has 3 rings (SSSR count). The standard InChI is InChI=1S/C20H28N4O3.HI/c1-2-21-20(22-10-12-25-15-18-9-6-11-26-18)23-13-17-14-27-19(24-17)16-7-4-3-5-8-16;/h3-5,7-8,14,18H,2,6,9-13,15H2,1H3,(H2,21,22,23);1H. The predicted molar refractivity (Wildman–Crippen MR) is 120 cm³/mol. The van der Waals surface area contributed by atoms with Gasteiger partial charge in [0.1, 0.15) is 12.0 Å². The van der Waals surface area contributed by atoms with E-state index in [1.807, 2.05) is 37.3 Å². The minimum absolute atomic E-state index is 0. The largest absolute Gasteiger partial charge is 0.444 e. The van der Waals surface area contributed by atoms with Gasteiger partial charge in [-0.1, -0.05) is 18.2 Å². The van der Waals surface area contributed by atoms with Crippen LogP contribution in [0, 0.1) is 0 Å². The fourth-order valence-electron chi connectivity index (χ4n) is 2.83. The minimum Gasteiger partial charge on any atom is -0.444 e. The summed E-state index contributed by atoms with van der Waals surface area (Å²) in [5.74, 6) is 1.35. The second kappa shape index (κ2) is 12.7. The Morgan fingerprint density at radius 3 is 2.89 bits per heavy atom. The highest BCUT2D eigenvalue weighted by Crippen LogP contribution is 2.18. The monoisotopic (exact) mass is 500 g/mol. The molecule has 1 fully saturated rings. The van der Waals surface area contributed by atoms with Gasteiger partial charge in [-0.3, -0.25) is 0 Å². The Morgan fingerprint density at radius 1 is 1.29 bits per heavy atom. The van der Waals surface area contributed by atoms with Crippen molar-refractivity contribution < 1.29 is 13.9 Å². The first-order valence-electron chi connectivity index (χ1n) is 9.56. The molecule has 2 aromatic rings. The van der Waals surface area contributed by atoms with Gasteiger partial charge in [0.05, 0.1) is 25.9 Å². The Labute approximate surface area is 183 Å². The molecule has 7 nitrogen and oxygen atoms in total. The first-order chi connectivity index (χ1) is 13.3. The van der Waals surface area contributed by atoms with E-state index in [0.717, 1.165) is 43.2 Å². The van der Waals surface area contributed by atoms with Gasteiger partial charge in [-0.25, -0.2) is 9.98 Å². The van der Waals surface area contributed by atoms with Crippen LogP contribution in [0.3, 0.4) is 0 Å². The van der Waals surface area contributed by atoms with Gasteiger partial charge in [0.2, 0.25) is 5.89 Å². The van der Waals surface area contributed by atoms with Gasteiger partial charge in [-0.15, -0.1) is 24.0 Å². The van der Waals surface area contributed by atoms with Crippen molar-refractivity contribution in [1.82, 2.24) is 15.6 Å². The van der Waals surface area contributed by atoms with E-state index in [9.17, 15) is 0 Å². The normalized spacial score (nSPS) is 16.6. The van der Waals surface area contributed by atoms with Gasteiger partial charge in [-0.2, -0.15) is 0 Å². The number of oxazole rings is 1. The number of benzene rings is 1. The highest BCUT2D eigenvalue weighted by molar-refractivity contribution is 14.0. The fourth-order valence-corrected chi connectivity index (χ4v) is 2.83. The number of guanidine groups is 1. The van der Waals surface area contributed by atoms with Gasteiger partial charge < -0.3 is 24.5 Å². The summed E-state index contributed by atoms with van der Waals surface area (Å²) >= 11 is 0. The summed E-state index contributed by atoms with van der Waals surface area (Å²) in [5.41, 5.74) is 1.75. The van der Waals surface area contributed by atoms with Crippen molar-refractivity contribution in [2.45, 2.75) is 32.4 Å². The van der Waals surface area contributed by atoms with Crippen LogP contribution in [-0.2, 0) is 16.0 Å². The van der Waals surface area contributed by atoms with Crippen LogP contribution in [0.4, 0.5) is 0 Å². The van der Waals surface area contributed by atoms with Gasteiger partial charge in [0, 0.05) is 25.3 Å². The van der Waals surface area contributed by atoms with Crippen molar-refractivity contribution in [3.63, 3.8) is 0 Å². The highest BCUT2D eigenvalue weighted by atomic mass is 127. The number of ether oxygens (including phenoxy) is 2. The van der Waals surface area contributed by atoms with E-state index >= 15 is 0 Å². The molecule has 0 spiro atoms. The molecule has 0 radical (unpaired) electrons. The zero-order valence-electron chi connectivity index (χ0n) is 16.2. The fraction of sp³-hybridized carbons (Fsp3) is 0.500.